The summed E-state index contributed by atoms with van der Waals surface area (Å²) >= 11 is 0. The lowest BCUT2D eigenvalue weighted by Gasteiger charge is -2.10. The third kappa shape index (κ3) is 3.60. The Kier molecular flexibility index (Phi) is 4.86. The summed E-state index contributed by atoms with van der Waals surface area (Å²) < 4.78 is 5.80. The van der Waals surface area contributed by atoms with Gasteiger partial charge in [0, 0.05) is 24.2 Å². The standard InChI is InChI=1S/C18H17N3O3/c22-21(23)16-9-2-1-8-15(16)19-12-5-13-24-17-10-3-6-14-7-4-11-20-18(14)17/h1-4,6-11,19H,5,12-13H2. The largest absolute Gasteiger partial charge is 0.491 e. The molecular weight excluding hydrogens is 306 g/mol. The van der Waals surface area contributed by atoms with Crippen LogP contribution in [0.3, 0.4) is 0 Å². The Balaban J connectivity index is 1.53. The van der Waals surface area contributed by atoms with Gasteiger partial charge in [-0.1, -0.05) is 30.3 Å². The lowest BCUT2D eigenvalue weighted by atomic mass is 10.2. The van der Waals surface area contributed by atoms with Gasteiger partial charge in [0.1, 0.15) is 17.0 Å². The van der Waals surface area contributed by atoms with Crippen molar-refractivity contribution in [1.29, 1.82) is 0 Å². The minimum Gasteiger partial charge on any atom is -0.491 e. The van der Waals surface area contributed by atoms with E-state index >= 15 is 0 Å². The molecular formula is C18H17N3O3. The van der Waals surface area contributed by atoms with Crippen LogP contribution in [0.15, 0.2) is 60.8 Å². The lowest BCUT2D eigenvalue weighted by molar-refractivity contribution is -0.384. The molecule has 1 N–H and O–H groups in total. The van der Waals surface area contributed by atoms with Crippen molar-refractivity contribution in [3.63, 3.8) is 0 Å². The van der Waals surface area contributed by atoms with Crippen molar-refractivity contribution in [2.24, 2.45) is 0 Å². The SMILES string of the molecule is O=[N+]([O-])c1ccccc1NCCCOc1cccc2cccnc12. The maximum absolute atomic E-state index is 11.0. The normalized spacial score (nSPS) is 10.5. The molecule has 6 heteroatoms. The van der Waals surface area contributed by atoms with E-state index in [0.717, 1.165) is 23.1 Å². The monoisotopic (exact) mass is 323 g/mol. The van der Waals surface area contributed by atoms with Crippen LogP contribution >= 0.6 is 0 Å². The summed E-state index contributed by atoms with van der Waals surface area (Å²) in [4.78, 5) is 14.9. The number of fused-ring (bicyclic) bond motifs is 1. The number of rotatable bonds is 7. The summed E-state index contributed by atoms with van der Waals surface area (Å²) in [6.07, 6.45) is 2.46. The van der Waals surface area contributed by atoms with Crippen LogP contribution < -0.4 is 10.1 Å². The number of nitrogens with zero attached hydrogens (tertiary/aromatic N) is 2. The first-order valence-corrected chi connectivity index (χ1v) is 7.69. The highest BCUT2D eigenvalue weighted by Crippen LogP contribution is 2.24. The Hall–Kier alpha value is -3.15. The quantitative estimate of drug-likeness (QED) is 0.403. The molecule has 6 nitrogen and oxygen atoms in total. The summed E-state index contributed by atoms with van der Waals surface area (Å²) in [7, 11) is 0. The van der Waals surface area contributed by atoms with Crippen LogP contribution in [0.5, 0.6) is 5.75 Å². The zero-order chi connectivity index (χ0) is 16.8. The highest BCUT2D eigenvalue weighted by atomic mass is 16.6. The van der Waals surface area contributed by atoms with E-state index < -0.39 is 0 Å². The van der Waals surface area contributed by atoms with E-state index in [1.165, 1.54) is 6.07 Å². The molecule has 2 aromatic carbocycles. The second-order valence-electron chi connectivity index (χ2n) is 5.23. The molecule has 0 bridgehead atoms. The van der Waals surface area contributed by atoms with Gasteiger partial charge in [-0.3, -0.25) is 15.1 Å². The van der Waals surface area contributed by atoms with Crippen LogP contribution in [0.4, 0.5) is 11.4 Å². The number of aromatic nitrogens is 1. The first-order chi connectivity index (χ1) is 11.8. The topological polar surface area (TPSA) is 77.3 Å². The first kappa shape index (κ1) is 15.7. The van der Waals surface area contributed by atoms with Gasteiger partial charge in [0.25, 0.3) is 5.69 Å². The molecule has 0 unspecified atom stereocenters. The fourth-order valence-electron chi connectivity index (χ4n) is 2.45. The molecule has 0 aliphatic carbocycles. The van der Waals surface area contributed by atoms with Gasteiger partial charge in [-0.2, -0.15) is 0 Å². The van der Waals surface area contributed by atoms with E-state index in [1.807, 2.05) is 30.3 Å². The fourth-order valence-corrected chi connectivity index (χ4v) is 2.45. The number of nitro benzene ring substituents is 1. The average molecular weight is 323 g/mol. The maximum atomic E-state index is 11.0. The number of nitro groups is 1. The van der Waals surface area contributed by atoms with Crippen LogP contribution in [0.25, 0.3) is 10.9 Å². The van der Waals surface area contributed by atoms with Gasteiger partial charge in [0.05, 0.1) is 11.5 Å². The number of hydrogen-bond donors (Lipinski definition) is 1. The maximum Gasteiger partial charge on any atom is 0.292 e. The Morgan fingerprint density at radius 2 is 1.92 bits per heavy atom. The molecule has 0 saturated heterocycles. The van der Waals surface area contributed by atoms with Crippen LogP contribution in [0.1, 0.15) is 6.42 Å². The van der Waals surface area contributed by atoms with Crippen molar-refractivity contribution in [1.82, 2.24) is 4.98 Å². The molecule has 1 aromatic heterocycles. The minimum absolute atomic E-state index is 0.0803. The van der Waals surface area contributed by atoms with Gasteiger partial charge in [-0.25, -0.2) is 0 Å². The molecule has 0 aliphatic rings. The molecule has 0 aliphatic heterocycles. The van der Waals surface area contributed by atoms with Crippen LogP contribution in [-0.4, -0.2) is 23.1 Å². The van der Waals surface area contributed by atoms with Crippen LogP contribution in [0, 0.1) is 10.1 Å². The van der Waals surface area contributed by atoms with Crippen molar-refractivity contribution in [2.75, 3.05) is 18.5 Å². The highest BCUT2D eigenvalue weighted by Gasteiger charge is 2.11. The zero-order valence-corrected chi connectivity index (χ0v) is 13.0. The molecule has 3 aromatic rings. The number of hydrogen-bond acceptors (Lipinski definition) is 5. The summed E-state index contributed by atoms with van der Waals surface area (Å²) in [6, 6.07) is 16.3. The molecule has 24 heavy (non-hydrogen) atoms. The molecule has 3 rings (SSSR count). The number of anilines is 1. The average Bonchev–Trinajstić information content (AvgIpc) is 2.62. The number of ether oxygens (including phenoxy) is 1. The Bertz CT molecular complexity index is 846. The van der Waals surface area contributed by atoms with E-state index in [9.17, 15) is 10.1 Å². The zero-order valence-electron chi connectivity index (χ0n) is 13.0. The smallest absolute Gasteiger partial charge is 0.292 e. The molecule has 122 valence electrons. The molecule has 0 radical (unpaired) electrons. The van der Waals surface area contributed by atoms with Gasteiger partial charge in [0.15, 0.2) is 0 Å². The first-order valence-electron chi connectivity index (χ1n) is 7.69. The Labute approximate surface area is 139 Å². The van der Waals surface area contributed by atoms with Gasteiger partial charge >= 0.3 is 0 Å². The van der Waals surface area contributed by atoms with E-state index in [2.05, 4.69) is 10.3 Å². The van der Waals surface area contributed by atoms with Crippen molar-refractivity contribution >= 4 is 22.3 Å². The molecule has 0 spiro atoms. The van der Waals surface area contributed by atoms with E-state index in [1.54, 1.807) is 24.4 Å². The van der Waals surface area contributed by atoms with E-state index in [4.69, 9.17) is 4.74 Å². The molecule has 0 amide bonds. The Morgan fingerprint density at radius 1 is 1.08 bits per heavy atom. The van der Waals surface area contributed by atoms with Gasteiger partial charge < -0.3 is 10.1 Å². The third-order valence-electron chi connectivity index (χ3n) is 3.59. The van der Waals surface area contributed by atoms with Crippen molar-refractivity contribution in [2.45, 2.75) is 6.42 Å². The molecule has 0 saturated carbocycles. The number of pyridine rings is 1. The predicted octanol–water partition coefficient (Wildman–Crippen LogP) is 4.02. The van der Waals surface area contributed by atoms with Gasteiger partial charge in [0.2, 0.25) is 0 Å². The van der Waals surface area contributed by atoms with Crippen molar-refractivity contribution in [3.8, 4) is 5.75 Å². The third-order valence-corrected chi connectivity index (χ3v) is 3.59. The summed E-state index contributed by atoms with van der Waals surface area (Å²) in [5.74, 6) is 0.749. The van der Waals surface area contributed by atoms with E-state index in [0.29, 0.717) is 18.8 Å². The van der Waals surface area contributed by atoms with Gasteiger partial charge in [-0.15, -0.1) is 0 Å². The highest BCUT2D eigenvalue weighted by molar-refractivity contribution is 5.84. The number of nitrogens with one attached hydrogen (secondary N) is 1. The number of para-hydroxylation sites is 3. The fraction of sp³-hybridized carbons (Fsp3) is 0.167. The molecule has 0 fully saturated rings. The van der Waals surface area contributed by atoms with E-state index in [-0.39, 0.29) is 10.6 Å². The molecule has 1 heterocycles. The van der Waals surface area contributed by atoms with Crippen LogP contribution in [-0.2, 0) is 0 Å². The van der Waals surface area contributed by atoms with Gasteiger partial charge in [-0.05, 0) is 24.6 Å². The summed E-state index contributed by atoms with van der Waals surface area (Å²) in [5.41, 5.74) is 1.44. The summed E-state index contributed by atoms with van der Waals surface area (Å²) in [6.45, 7) is 1.09. The Morgan fingerprint density at radius 3 is 2.79 bits per heavy atom. The van der Waals surface area contributed by atoms with Crippen LogP contribution in [0.2, 0.25) is 0 Å². The number of benzene rings is 2. The molecule has 0 atom stereocenters. The lowest BCUT2D eigenvalue weighted by Crippen LogP contribution is -2.08. The predicted molar refractivity (Wildman–Crippen MR) is 93.4 cm³/mol. The summed E-state index contributed by atoms with van der Waals surface area (Å²) in [5, 5.41) is 15.1. The second kappa shape index (κ2) is 7.41. The van der Waals surface area contributed by atoms with Crippen molar-refractivity contribution < 1.29 is 9.66 Å². The van der Waals surface area contributed by atoms with Crippen molar-refractivity contribution in [3.05, 3.63) is 70.9 Å². The minimum atomic E-state index is -0.388. The second-order valence-corrected chi connectivity index (χ2v) is 5.23.